The Hall–Kier alpha value is -5.50. The predicted molar refractivity (Wildman–Crippen MR) is 196 cm³/mol. The molecule has 0 nitrogen and oxygen atoms in total. The maximum atomic E-state index is 2.38. The molecular formula is C44H28S. The average Bonchev–Trinajstić information content (AvgIpc) is 3.49. The van der Waals surface area contributed by atoms with Crippen molar-refractivity contribution in [3.8, 4) is 44.5 Å². The molecule has 0 N–H and O–H groups in total. The van der Waals surface area contributed by atoms with Crippen LogP contribution in [0.2, 0.25) is 0 Å². The fourth-order valence-electron chi connectivity index (χ4n) is 7.06. The summed E-state index contributed by atoms with van der Waals surface area (Å²) in [6.45, 7) is 0. The molecule has 9 rings (SSSR count). The van der Waals surface area contributed by atoms with Crippen molar-refractivity contribution >= 4 is 53.1 Å². The summed E-state index contributed by atoms with van der Waals surface area (Å²) < 4.78 is 2.66. The van der Waals surface area contributed by atoms with Crippen LogP contribution in [0.3, 0.4) is 0 Å². The lowest BCUT2D eigenvalue weighted by Crippen LogP contribution is -1.93. The first-order valence-corrected chi connectivity index (χ1v) is 16.3. The van der Waals surface area contributed by atoms with Gasteiger partial charge in [-0.3, -0.25) is 0 Å². The fraction of sp³-hybridized carbons (Fsp3) is 0. The van der Waals surface area contributed by atoms with Crippen LogP contribution in [0.25, 0.3) is 86.2 Å². The van der Waals surface area contributed by atoms with Gasteiger partial charge in [0.25, 0.3) is 0 Å². The van der Waals surface area contributed by atoms with E-state index < -0.39 is 0 Å². The molecule has 0 radical (unpaired) electrons. The van der Waals surface area contributed by atoms with Crippen LogP contribution in [0.4, 0.5) is 0 Å². The van der Waals surface area contributed by atoms with Gasteiger partial charge >= 0.3 is 0 Å². The number of fused-ring (bicyclic) bond motifs is 5. The monoisotopic (exact) mass is 588 g/mol. The quantitative estimate of drug-likeness (QED) is 0.179. The van der Waals surface area contributed by atoms with Gasteiger partial charge in [0.15, 0.2) is 0 Å². The van der Waals surface area contributed by atoms with Crippen LogP contribution >= 0.6 is 11.3 Å². The predicted octanol–water partition coefficient (Wildman–Crippen LogP) is 13.0. The van der Waals surface area contributed by atoms with Gasteiger partial charge in [0.05, 0.1) is 0 Å². The van der Waals surface area contributed by atoms with Crippen LogP contribution in [0.1, 0.15) is 0 Å². The van der Waals surface area contributed by atoms with Gasteiger partial charge in [-0.15, -0.1) is 11.3 Å². The summed E-state index contributed by atoms with van der Waals surface area (Å²) >= 11 is 1.88. The highest BCUT2D eigenvalue weighted by Gasteiger charge is 2.19. The fourth-order valence-corrected chi connectivity index (χ4v) is 8.21. The molecule has 1 heteroatoms. The van der Waals surface area contributed by atoms with Crippen molar-refractivity contribution in [1.82, 2.24) is 0 Å². The lowest BCUT2D eigenvalue weighted by atomic mass is 9.83. The van der Waals surface area contributed by atoms with Gasteiger partial charge in [-0.05, 0) is 84.3 Å². The van der Waals surface area contributed by atoms with Gasteiger partial charge in [0, 0.05) is 20.2 Å². The van der Waals surface area contributed by atoms with Crippen LogP contribution in [0.15, 0.2) is 170 Å². The van der Waals surface area contributed by atoms with Crippen LogP contribution in [0, 0.1) is 0 Å². The maximum Gasteiger partial charge on any atom is 0.0361 e. The van der Waals surface area contributed by atoms with E-state index in [-0.39, 0.29) is 0 Å². The third-order valence-corrected chi connectivity index (χ3v) is 10.2. The van der Waals surface area contributed by atoms with Gasteiger partial charge in [0.2, 0.25) is 0 Å². The molecule has 45 heavy (non-hydrogen) atoms. The van der Waals surface area contributed by atoms with Crippen molar-refractivity contribution in [2.75, 3.05) is 0 Å². The number of hydrogen-bond acceptors (Lipinski definition) is 1. The molecular weight excluding hydrogens is 561 g/mol. The Morgan fingerprint density at radius 2 is 0.800 bits per heavy atom. The van der Waals surface area contributed by atoms with Crippen molar-refractivity contribution in [2.45, 2.75) is 0 Å². The van der Waals surface area contributed by atoms with Gasteiger partial charge in [-0.1, -0.05) is 152 Å². The molecule has 0 amide bonds. The molecule has 9 aromatic rings. The third-order valence-electron chi connectivity index (χ3n) is 9.08. The Morgan fingerprint density at radius 3 is 1.53 bits per heavy atom. The van der Waals surface area contributed by atoms with Gasteiger partial charge in [-0.25, -0.2) is 0 Å². The number of rotatable bonds is 4. The minimum Gasteiger partial charge on any atom is -0.135 e. The van der Waals surface area contributed by atoms with Crippen molar-refractivity contribution in [3.63, 3.8) is 0 Å². The summed E-state index contributed by atoms with van der Waals surface area (Å²) in [4.78, 5) is 0. The normalized spacial score (nSPS) is 11.6. The second-order valence-corrected chi connectivity index (χ2v) is 12.7. The van der Waals surface area contributed by atoms with Gasteiger partial charge in [-0.2, -0.15) is 0 Å². The van der Waals surface area contributed by atoms with Crippen LogP contribution in [0.5, 0.6) is 0 Å². The van der Waals surface area contributed by atoms with Crippen molar-refractivity contribution in [3.05, 3.63) is 170 Å². The molecule has 0 saturated heterocycles. The van der Waals surface area contributed by atoms with E-state index in [0.717, 1.165) is 0 Å². The molecule has 0 fully saturated rings. The first kappa shape index (κ1) is 25.9. The highest BCUT2D eigenvalue weighted by Crippen LogP contribution is 2.47. The highest BCUT2D eigenvalue weighted by molar-refractivity contribution is 7.25. The lowest BCUT2D eigenvalue weighted by Gasteiger charge is -2.20. The molecule has 0 bridgehead atoms. The Labute approximate surface area is 266 Å². The molecule has 0 spiro atoms. The first-order chi connectivity index (χ1) is 22.3. The number of thiophene rings is 1. The highest BCUT2D eigenvalue weighted by atomic mass is 32.1. The topological polar surface area (TPSA) is 0 Å². The average molecular weight is 589 g/mol. The van der Waals surface area contributed by atoms with Gasteiger partial charge < -0.3 is 0 Å². The van der Waals surface area contributed by atoms with E-state index >= 15 is 0 Å². The summed E-state index contributed by atoms with van der Waals surface area (Å²) in [7, 11) is 0. The summed E-state index contributed by atoms with van der Waals surface area (Å²) in [6.07, 6.45) is 0. The Bertz CT molecular complexity index is 2480. The molecule has 0 atom stereocenters. The van der Waals surface area contributed by atoms with E-state index in [4.69, 9.17) is 0 Å². The van der Waals surface area contributed by atoms with Crippen LogP contribution < -0.4 is 0 Å². The van der Waals surface area contributed by atoms with E-state index in [0.29, 0.717) is 0 Å². The molecule has 0 unspecified atom stereocenters. The van der Waals surface area contributed by atoms with E-state index in [1.54, 1.807) is 0 Å². The molecule has 8 aromatic carbocycles. The summed E-state index contributed by atoms with van der Waals surface area (Å²) in [5.41, 5.74) is 10.0. The van der Waals surface area contributed by atoms with E-state index in [1.165, 1.54) is 86.2 Å². The van der Waals surface area contributed by atoms with Crippen molar-refractivity contribution in [1.29, 1.82) is 0 Å². The van der Waals surface area contributed by atoms with Crippen molar-refractivity contribution in [2.24, 2.45) is 0 Å². The molecule has 0 aliphatic rings. The smallest absolute Gasteiger partial charge is 0.0361 e. The molecule has 210 valence electrons. The molecule has 0 saturated carbocycles. The zero-order chi connectivity index (χ0) is 29.7. The Morgan fingerprint density at radius 1 is 0.267 bits per heavy atom. The van der Waals surface area contributed by atoms with Crippen LogP contribution in [-0.2, 0) is 0 Å². The molecule has 1 heterocycles. The first-order valence-electron chi connectivity index (χ1n) is 15.4. The van der Waals surface area contributed by atoms with E-state index in [1.807, 2.05) is 11.3 Å². The minimum absolute atomic E-state index is 1.23. The summed E-state index contributed by atoms with van der Waals surface area (Å²) in [5, 5.41) is 7.74. The second kappa shape index (κ2) is 10.6. The Balaban J connectivity index is 1.31. The van der Waals surface area contributed by atoms with E-state index in [9.17, 15) is 0 Å². The van der Waals surface area contributed by atoms with Crippen molar-refractivity contribution < 1.29 is 0 Å². The SMILES string of the molecule is c1ccc(-c2cccc(-c3c4ccccc4c(-c4ccccc4-c4ccc5c(c4)sc4ccccc45)c4ccccc34)c2)cc1. The molecule has 0 aliphatic carbocycles. The Kier molecular flexibility index (Phi) is 6.11. The summed E-state index contributed by atoms with van der Waals surface area (Å²) in [5.74, 6) is 0. The maximum absolute atomic E-state index is 2.38. The molecule has 0 aliphatic heterocycles. The largest absolute Gasteiger partial charge is 0.135 e. The zero-order valence-corrected chi connectivity index (χ0v) is 25.4. The number of hydrogen-bond donors (Lipinski definition) is 0. The standard InChI is InChI=1S/C44H28S/c1-2-13-29(14-3-1)30-15-12-16-32(27-30)43-37-20-6-8-22-39(37)44(40-23-9-7-21-38(40)43)36-19-5-4-17-33(36)31-25-26-35-34-18-10-11-24-41(34)45-42(35)28-31/h1-28H. The lowest BCUT2D eigenvalue weighted by molar-refractivity contribution is 1.61. The molecule has 1 aromatic heterocycles. The second-order valence-electron chi connectivity index (χ2n) is 11.6. The summed E-state index contributed by atoms with van der Waals surface area (Å²) in [6, 6.07) is 62.2. The van der Waals surface area contributed by atoms with Gasteiger partial charge in [0.1, 0.15) is 0 Å². The van der Waals surface area contributed by atoms with Crippen LogP contribution in [-0.4, -0.2) is 0 Å². The van der Waals surface area contributed by atoms with E-state index in [2.05, 4.69) is 170 Å². The minimum atomic E-state index is 1.23. The zero-order valence-electron chi connectivity index (χ0n) is 24.6. The number of benzene rings is 8. The third kappa shape index (κ3) is 4.28.